The molecule has 0 saturated carbocycles. The number of hydrogen-bond donors (Lipinski definition) is 3. The zero-order valence-corrected chi connectivity index (χ0v) is 9.77. The van der Waals surface area contributed by atoms with E-state index < -0.39 is 0 Å². The van der Waals surface area contributed by atoms with Crippen molar-refractivity contribution in [2.75, 3.05) is 0 Å². The number of phenolic OH excluding ortho intramolecular Hbond substituents is 3. The molecule has 0 atom stereocenters. The van der Waals surface area contributed by atoms with Crippen molar-refractivity contribution >= 4 is 15.9 Å². The van der Waals surface area contributed by atoms with Gasteiger partial charge in [-0.25, -0.2) is 0 Å². The first-order valence-corrected chi connectivity index (χ1v) is 5.39. The fourth-order valence-electron chi connectivity index (χ4n) is 1.51. The Kier molecular flexibility index (Phi) is 2.75. The quantitative estimate of drug-likeness (QED) is 0.752. The molecule has 2 aromatic rings. The molecule has 82 valence electrons. The van der Waals surface area contributed by atoms with Gasteiger partial charge in [-0.15, -0.1) is 0 Å². The molecule has 3 N–H and O–H groups in total. The summed E-state index contributed by atoms with van der Waals surface area (Å²) in [7, 11) is 0. The summed E-state index contributed by atoms with van der Waals surface area (Å²) < 4.78 is 0.171. The lowest BCUT2D eigenvalue weighted by molar-refractivity contribution is 0.426. The van der Waals surface area contributed by atoms with Crippen LogP contribution in [0.15, 0.2) is 40.9 Å². The second kappa shape index (κ2) is 4.06. The third-order valence-corrected chi connectivity index (χ3v) is 3.04. The molecule has 0 aliphatic carbocycles. The Hall–Kier alpha value is -1.68. The van der Waals surface area contributed by atoms with Gasteiger partial charge in [-0.1, -0.05) is 30.3 Å². The summed E-state index contributed by atoms with van der Waals surface area (Å²) in [5.74, 6) is -0.539. The van der Waals surface area contributed by atoms with Crippen LogP contribution in [0.4, 0.5) is 0 Å². The van der Waals surface area contributed by atoms with Crippen LogP contribution in [0.3, 0.4) is 0 Å². The van der Waals surface area contributed by atoms with Gasteiger partial charge in [0.15, 0.2) is 0 Å². The SMILES string of the molecule is Oc1cc(O)c(-c2ccccc2)c(O)c1Br. The van der Waals surface area contributed by atoms with Gasteiger partial charge in [-0.3, -0.25) is 0 Å². The summed E-state index contributed by atoms with van der Waals surface area (Å²) >= 11 is 3.05. The highest BCUT2D eigenvalue weighted by molar-refractivity contribution is 9.10. The van der Waals surface area contributed by atoms with Gasteiger partial charge in [0.05, 0.1) is 5.56 Å². The summed E-state index contributed by atoms with van der Waals surface area (Å²) in [6, 6.07) is 10.2. The average Bonchev–Trinajstić information content (AvgIpc) is 2.28. The van der Waals surface area contributed by atoms with E-state index >= 15 is 0 Å². The predicted molar refractivity (Wildman–Crippen MR) is 64.6 cm³/mol. The Morgan fingerprint density at radius 1 is 0.875 bits per heavy atom. The lowest BCUT2D eigenvalue weighted by Crippen LogP contribution is -1.82. The lowest BCUT2D eigenvalue weighted by Gasteiger charge is -2.10. The van der Waals surface area contributed by atoms with E-state index in [-0.39, 0.29) is 21.7 Å². The van der Waals surface area contributed by atoms with Crippen LogP contribution in [-0.4, -0.2) is 15.3 Å². The van der Waals surface area contributed by atoms with Crippen molar-refractivity contribution in [3.05, 3.63) is 40.9 Å². The Morgan fingerprint density at radius 3 is 2.12 bits per heavy atom. The van der Waals surface area contributed by atoms with Crippen molar-refractivity contribution in [3.63, 3.8) is 0 Å². The predicted octanol–water partition coefficient (Wildman–Crippen LogP) is 3.23. The second-order valence-electron chi connectivity index (χ2n) is 3.32. The molecule has 0 heterocycles. The van der Waals surface area contributed by atoms with Gasteiger partial charge in [0.2, 0.25) is 0 Å². The number of rotatable bonds is 1. The highest BCUT2D eigenvalue weighted by atomic mass is 79.9. The number of phenols is 3. The van der Waals surface area contributed by atoms with Crippen LogP contribution in [0, 0.1) is 0 Å². The Bertz CT molecular complexity index is 524. The zero-order chi connectivity index (χ0) is 11.7. The van der Waals surface area contributed by atoms with E-state index in [1.807, 2.05) is 6.07 Å². The molecular weight excluding hydrogens is 272 g/mol. The molecule has 0 fully saturated rings. The minimum atomic E-state index is -0.199. The van der Waals surface area contributed by atoms with Crippen LogP contribution in [0.5, 0.6) is 17.2 Å². The molecule has 0 saturated heterocycles. The summed E-state index contributed by atoms with van der Waals surface area (Å²) in [6.45, 7) is 0. The van der Waals surface area contributed by atoms with Gasteiger partial charge in [-0.2, -0.15) is 0 Å². The van der Waals surface area contributed by atoms with Crippen molar-refractivity contribution in [1.82, 2.24) is 0 Å². The molecular formula is C12H9BrO3. The summed E-state index contributed by atoms with van der Waals surface area (Å²) in [5, 5.41) is 28.9. The first-order valence-electron chi connectivity index (χ1n) is 4.60. The molecule has 0 radical (unpaired) electrons. The van der Waals surface area contributed by atoms with Crippen molar-refractivity contribution in [2.24, 2.45) is 0 Å². The fourth-order valence-corrected chi connectivity index (χ4v) is 1.82. The van der Waals surface area contributed by atoms with E-state index in [0.29, 0.717) is 11.1 Å². The lowest BCUT2D eigenvalue weighted by atomic mass is 10.0. The van der Waals surface area contributed by atoms with Crippen LogP contribution in [0.25, 0.3) is 11.1 Å². The van der Waals surface area contributed by atoms with E-state index in [9.17, 15) is 15.3 Å². The molecule has 0 aliphatic rings. The minimum absolute atomic E-state index is 0.163. The molecule has 4 heteroatoms. The largest absolute Gasteiger partial charge is 0.507 e. The minimum Gasteiger partial charge on any atom is -0.507 e. The molecule has 0 aromatic heterocycles. The van der Waals surface area contributed by atoms with Crippen molar-refractivity contribution in [1.29, 1.82) is 0 Å². The maximum atomic E-state index is 9.85. The standard InChI is InChI=1S/C12H9BrO3/c13-11-9(15)6-8(14)10(12(11)16)7-4-2-1-3-5-7/h1-6,14-16H. The Labute approximate surface area is 101 Å². The zero-order valence-electron chi connectivity index (χ0n) is 8.18. The first kappa shape index (κ1) is 10.8. The normalized spacial score (nSPS) is 10.3. The van der Waals surface area contributed by atoms with E-state index in [1.165, 1.54) is 6.07 Å². The average molecular weight is 281 g/mol. The molecule has 0 unspecified atom stereocenters. The molecule has 2 rings (SSSR count). The third-order valence-electron chi connectivity index (χ3n) is 2.26. The summed E-state index contributed by atoms with van der Waals surface area (Å²) in [6.07, 6.45) is 0. The van der Waals surface area contributed by atoms with Crippen LogP contribution in [0.2, 0.25) is 0 Å². The van der Waals surface area contributed by atoms with Gasteiger partial charge >= 0.3 is 0 Å². The van der Waals surface area contributed by atoms with Gasteiger partial charge < -0.3 is 15.3 Å². The summed E-state index contributed by atoms with van der Waals surface area (Å²) in [5.41, 5.74) is 0.975. The van der Waals surface area contributed by atoms with Crippen molar-refractivity contribution < 1.29 is 15.3 Å². The highest BCUT2D eigenvalue weighted by Gasteiger charge is 2.16. The summed E-state index contributed by atoms with van der Waals surface area (Å²) in [4.78, 5) is 0. The van der Waals surface area contributed by atoms with Crippen LogP contribution in [0.1, 0.15) is 0 Å². The molecule has 0 amide bonds. The van der Waals surface area contributed by atoms with Gasteiger partial charge in [0, 0.05) is 6.07 Å². The van der Waals surface area contributed by atoms with Crippen molar-refractivity contribution in [3.8, 4) is 28.4 Å². The Morgan fingerprint density at radius 2 is 1.50 bits per heavy atom. The van der Waals surface area contributed by atoms with Crippen LogP contribution >= 0.6 is 15.9 Å². The highest BCUT2D eigenvalue weighted by Crippen LogP contribution is 2.46. The van der Waals surface area contributed by atoms with E-state index in [2.05, 4.69) is 15.9 Å². The van der Waals surface area contributed by atoms with E-state index in [4.69, 9.17) is 0 Å². The molecule has 2 aromatic carbocycles. The third kappa shape index (κ3) is 1.72. The topological polar surface area (TPSA) is 60.7 Å². The molecule has 16 heavy (non-hydrogen) atoms. The van der Waals surface area contributed by atoms with Crippen molar-refractivity contribution in [2.45, 2.75) is 0 Å². The molecule has 0 bridgehead atoms. The maximum Gasteiger partial charge on any atom is 0.145 e. The van der Waals surface area contributed by atoms with E-state index in [1.54, 1.807) is 24.3 Å². The van der Waals surface area contributed by atoms with E-state index in [0.717, 1.165) is 0 Å². The monoisotopic (exact) mass is 280 g/mol. The molecule has 0 spiro atoms. The van der Waals surface area contributed by atoms with Gasteiger partial charge in [-0.05, 0) is 21.5 Å². The molecule has 3 nitrogen and oxygen atoms in total. The maximum absolute atomic E-state index is 9.85. The second-order valence-corrected chi connectivity index (χ2v) is 4.11. The number of halogens is 1. The van der Waals surface area contributed by atoms with Gasteiger partial charge in [0.25, 0.3) is 0 Å². The number of benzene rings is 2. The van der Waals surface area contributed by atoms with Crippen LogP contribution in [-0.2, 0) is 0 Å². The molecule has 0 aliphatic heterocycles. The fraction of sp³-hybridized carbons (Fsp3) is 0. The number of aromatic hydroxyl groups is 3. The first-order chi connectivity index (χ1) is 7.61. The Balaban J connectivity index is 2.71. The smallest absolute Gasteiger partial charge is 0.145 e. The van der Waals surface area contributed by atoms with Gasteiger partial charge in [0.1, 0.15) is 21.7 Å². The number of hydrogen-bond acceptors (Lipinski definition) is 3. The van der Waals surface area contributed by atoms with Crippen LogP contribution < -0.4 is 0 Å².